The number of nitrogens with two attached hydrogens (primary N) is 1. The minimum absolute atomic E-state index is 0. The molecule has 1 aromatic heterocycles. The number of thiazole rings is 1. The number of benzene rings is 4. The Bertz CT molecular complexity index is 1990. The van der Waals surface area contributed by atoms with Crippen LogP contribution in [-0.4, -0.2) is 63.6 Å². The van der Waals surface area contributed by atoms with Crippen molar-refractivity contribution in [2.45, 2.75) is 149 Å². The topological polar surface area (TPSA) is 75.8 Å². The van der Waals surface area contributed by atoms with E-state index < -0.39 is 16.6 Å². The summed E-state index contributed by atoms with van der Waals surface area (Å²) < 4.78 is 24.8. The second kappa shape index (κ2) is 26.8. The summed E-state index contributed by atoms with van der Waals surface area (Å²) in [5, 5.41) is 9.66. The average Bonchev–Trinajstić information content (AvgIpc) is 3.87. The van der Waals surface area contributed by atoms with Crippen molar-refractivity contribution in [3.63, 3.8) is 0 Å². The molecule has 2 fully saturated rings. The lowest BCUT2D eigenvalue weighted by Crippen LogP contribution is -2.67. The van der Waals surface area contributed by atoms with E-state index in [-0.39, 0.29) is 29.9 Å². The van der Waals surface area contributed by atoms with Gasteiger partial charge < -0.3 is 24.1 Å². The Balaban J connectivity index is 0.000000241. The van der Waals surface area contributed by atoms with Crippen LogP contribution in [0.3, 0.4) is 0 Å². The Morgan fingerprint density at radius 3 is 1.26 bits per heavy atom. The van der Waals surface area contributed by atoms with Gasteiger partial charge in [0.25, 0.3) is 16.6 Å². The average molecular weight is 1030 g/mol. The van der Waals surface area contributed by atoms with Crippen molar-refractivity contribution in [3.05, 3.63) is 138 Å². The molecule has 5 aromatic rings. The molecule has 2 aliphatic rings. The molecule has 7 rings (SSSR count). The molecule has 0 radical (unpaired) electrons. The van der Waals surface area contributed by atoms with Crippen molar-refractivity contribution in [1.82, 2.24) is 4.98 Å². The number of halogens is 1. The van der Waals surface area contributed by atoms with Gasteiger partial charge in [0.15, 0.2) is 6.29 Å². The van der Waals surface area contributed by atoms with E-state index in [9.17, 15) is 0 Å². The number of rotatable bonds is 15. The van der Waals surface area contributed by atoms with E-state index in [0.29, 0.717) is 36.1 Å². The number of ether oxygens (including phenoxy) is 2. The molecular weight excluding hydrogens is 953 g/mol. The molecule has 2 saturated carbocycles. The number of nitrogens with zero attached hydrogens (tertiary/aromatic N) is 1. The molecular formula is C55H79BrN2O4S2Si2. The Hall–Kier alpha value is -2.85. The quantitative estimate of drug-likeness (QED) is 0.0484. The van der Waals surface area contributed by atoms with Crippen molar-refractivity contribution in [2.75, 3.05) is 18.5 Å². The van der Waals surface area contributed by atoms with E-state index in [4.69, 9.17) is 36.3 Å². The third-order valence-corrected chi connectivity index (χ3v) is 24.9. The molecule has 360 valence electrons. The third-order valence-electron chi connectivity index (χ3n) is 12.9. The van der Waals surface area contributed by atoms with Gasteiger partial charge in [-0.05, 0) is 96.0 Å². The van der Waals surface area contributed by atoms with E-state index in [0.717, 1.165) is 43.9 Å². The van der Waals surface area contributed by atoms with Gasteiger partial charge in [-0.1, -0.05) is 198 Å². The third kappa shape index (κ3) is 14.4. The van der Waals surface area contributed by atoms with Gasteiger partial charge in [-0.2, -0.15) is 0 Å². The highest BCUT2D eigenvalue weighted by molar-refractivity contribution is 9.09. The SMILES string of the molecule is C.CC(C)(C)[Si](OC1CCC(C(N)=S)CC1)(c1ccccc1)c1ccccc1.CC(C)(C)[Si](OC1CCC(c2nccs2)CC1)(c1ccccc1)c1ccccc1.CCOC(CBr)OCC. The molecule has 2 aliphatic carbocycles. The normalized spacial score (nSPS) is 19.1. The van der Waals surface area contributed by atoms with Crippen LogP contribution in [0, 0.1) is 5.92 Å². The molecule has 0 saturated heterocycles. The van der Waals surface area contributed by atoms with E-state index in [1.807, 2.05) is 20.0 Å². The summed E-state index contributed by atoms with van der Waals surface area (Å²) in [5.41, 5.74) is 5.89. The first-order chi connectivity index (χ1) is 31.2. The minimum Gasteiger partial charge on any atom is -0.404 e. The molecule has 1 heterocycles. The Kier molecular flexibility index (Phi) is 22.6. The van der Waals surface area contributed by atoms with Gasteiger partial charge in [-0.3, -0.25) is 0 Å². The summed E-state index contributed by atoms with van der Waals surface area (Å²) in [6, 6.07) is 43.7. The maximum Gasteiger partial charge on any atom is 0.261 e. The molecule has 0 atom stereocenters. The number of aromatic nitrogens is 1. The van der Waals surface area contributed by atoms with Gasteiger partial charge >= 0.3 is 0 Å². The second-order valence-electron chi connectivity index (χ2n) is 19.3. The van der Waals surface area contributed by atoms with Crippen LogP contribution in [0.15, 0.2) is 133 Å². The molecule has 2 N–H and O–H groups in total. The second-order valence-corrected chi connectivity index (χ2v) is 29.8. The Morgan fingerprint density at radius 1 is 0.636 bits per heavy atom. The largest absolute Gasteiger partial charge is 0.404 e. The van der Waals surface area contributed by atoms with Gasteiger partial charge in [0.05, 0.1) is 15.3 Å². The van der Waals surface area contributed by atoms with Crippen LogP contribution in [0.5, 0.6) is 0 Å². The summed E-state index contributed by atoms with van der Waals surface area (Å²) in [5.74, 6) is 0.980. The van der Waals surface area contributed by atoms with Crippen molar-refractivity contribution < 1.29 is 18.3 Å². The standard InChI is InChI=1S/C25H31NOSSi.C23H31NOSSi.C6H13BrO2.CH4/c1-25(2,3)29(22-10-6-4-7-11-22,23-12-8-5-9-13-23)27-21-16-14-20(15-17-21)24-26-18-19-28-24;1-23(2,3)27(20-10-6-4-7-11-20,21-12-8-5-9-13-21)25-19-16-14-18(15-17-19)22(24)26;1-3-8-6(5-7)9-4-2;/h4-13,18-21H,14-17H2,1-3H3;4-13,18-19H,14-17H2,1-3H3,(H2,24,26);6H,3-5H2,1-2H3;1H4. The molecule has 6 nitrogen and oxygen atoms in total. The Morgan fingerprint density at radius 2 is 0.985 bits per heavy atom. The highest BCUT2D eigenvalue weighted by Gasteiger charge is 2.53. The summed E-state index contributed by atoms with van der Waals surface area (Å²) in [7, 11) is -4.89. The highest BCUT2D eigenvalue weighted by atomic mass is 79.9. The maximum atomic E-state index is 7.30. The zero-order valence-electron chi connectivity index (χ0n) is 40.2. The van der Waals surface area contributed by atoms with Gasteiger partial charge in [-0.25, -0.2) is 4.98 Å². The zero-order valence-corrected chi connectivity index (χ0v) is 45.4. The van der Waals surface area contributed by atoms with Gasteiger partial charge in [0, 0.05) is 48.8 Å². The van der Waals surface area contributed by atoms with Gasteiger partial charge in [0.1, 0.15) is 0 Å². The van der Waals surface area contributed by atoms with Crippen molar-refractivity contribution in [2.24, 2.45) is 11.7 Å². The molecule has 0 bridgehead atoms. The number of hydrogen-bond acceptors (Lipinski definition) is 7. The van der Waals surface area contributed by atoms with E-state index in [1.165, 1.54) is 38.6 Å². The Labute approximate surface area is 419 Å². The minimum atomic E-state index is -2.45. The van der Waals surface area contributed by atoms with Gasteiger partial charge in [-0.15, -0.1) is 11.3 Å². The van der Waals surface area contributed by atoms with E-state index >= 15 is 0 Å². The summed E-state index contributed by atoms with van der Waals surface area (Å²) in [4.78, 5) is 5.23. The monoisotopic (exact) mass is 1030 g/mol. The van der Waals surface area contributed by atoms with Crippen LogP contribution in [0.4, 0.5) is 0 Å². The van der Waals surface area contributed by atoms with Crippen LogP contribution < -0.4 is 26.5 Å². The van der Waals surface area contributed by atoms with Gasteiger partial charge in [0.2, 0.25) is 0 Å². The first kappa shape index (κ1) is 55.7. The van der Waals surface area contributed by atoms with Crippen LogP contribution in [0.2, 0.25) is 10.1 Å². The summed E-state index contributed by atoms with van der Waals surface area (Å²) >= 11 is 10.3. The molecule has 0 spiro atoms. The van der Waals surface area contributed by atoms with Crippen molar-refractivity contribution >= 4 is 81.9 Å². The summed E-state index contributed by atoms with van der Waals surface area (Å²) in [6.45, 7) is 19.4. The van der Waals surface area contributed by atoms with E-state index in [2.05, 4.69) is 189 Å². The number of thiocarbonyl (C=S) groups is 1. The molecule has 0 aliphatic heterocycles. The molecule has 0 unspecified atom stereocenters. The van der Waals surface area contributed by atoms with Crippen LogP contribution >= 0.6 is 39.5 Å². The predicted octanol–water partition coefficient (Wildman–Crippen LogP) is 12.6. The fraction of sp³-hybridized carbons (Fsp3) is 0.491. The fourth-order valence-electron chi connectivity index (χ4n) is 9.72. The van der Waals surface area contributed by atoms with Crippen molar-refractivity contribution in [3.8, 4) is 0 Å². The zero-order chi connectivity index (χ0) is 46.9. The molecule has 11 heteroatoms. The number of alkyl halides is 1. The molecule has 66 heavy (non-hydrogen) atoms. The molecule has 4 aromatic carbocycles. The smallest absolute Gasteiger partial charge is 0.261 e. The fourth-order valence-corrected chi connectivity index (χ4v) is 20.6. The van der Waals surface area contributed by atoms with Crippen LogP contribution in [0.25, 0.3) is 0 Å². The van der Waals surface area contributed by atoms with Crippen LogP contribution in [-0.2, 0) is 18.3 Å². The molecule has 0 amide bonds. The van der Waals surface area contributed by atoms with Crippen LogP contribution in [0.1, 0.15) is 125 Å². The first-order valence-corrected chi connectivity index (χ1v) is 30.0. The lowest BCUT2D eigenvalue weighted by Gasteiger charge is -2.46. The van der Waals surface area contributed by atoms with E-state index in [1.54, 1.807) is 11.3 Å². The highest BCUT2D eigenvalue weighted by Crippen LogP contribution is 2.42. The summed E-state index contributed by atoms with van der Waals surface area (Å²) in [6.07, 6.45) is 11.2. The lowest BCUT2D eigenvalue weighted by atomic mass is 9.87. The maximum absolute atomic E-state index is 7.30. The lowest BCUT2D eigenvalue weighted by molar-refractivity contribution is -0.119. The number of hydrogen-bond donors (Lipinski definition) is 1. The predicted molar refractivity (Wildman–Crippen MR) is 295 cm³/mol. The van der Waals surface area contributed by atoms with Crippen molar-refractivity contribution in [1.29, 1.82) is 0 Å². The first-order valence-electron chi connectivity index (χ1n) is 23.8.